The second-order valence-corrected chi connectivity index (χ2v) is 4.66. The number of hydrogen-bond acceptors (Lipinski definition) is 3. The van der Waals surface area contributed by atoms with Gasteiger partial charge in [-0.05, 0) is 18.6 Å². The molecule has 92 valence electrons. The molecule has 0 aliphatic carbocycles. The molecule has 2 aromatic rings. The number of nitrogens with zero attached hydrogens (tertiary/aromatic N) is 3. The third-order valence-electron chi connectivity index (χ3n) is 3.45. The minimum absolute atomic E-state index is 0.261. The van der Waals surface area contributed by atoms with Gasteiger partial charge in [0.2, 0.25) is 12.5 Å². The largest absolute Gasteiger partial charge is 0.493 e. The molecule has 3 rings (SSSR count). The molecule has 0 saturated heterocycles. The van der Waals surface area contributed by atoms with Gasteiger partial charge >= 0.3 is 0 Å². The number of rotatable bonds is 1. The molecule has 1 aromatic carbocycles. The second-order valence-electron chi connectivity index (χ2n) is 4.66. The molecule has 0 radical (unpaired) electrons. The molecule has 2 heterocycles. The number of nitrogens with two attached hydrogens (primary N) is 1. The first-order chi connectivity index (χ1) is 8.70. The summed E-state index contributed by atoms with van der Waals surface area (Å²) in [5.41, 5.74) is 8.88. The van der Waals surface area contributed by atoms with E-state index in [1.54, 1.807) is 0 Å². The first-order valence-electron chi connectivity index (χ1n) is 5.90. The topological polar surface area (TPSA) is 57.4 Å². The molecule has 0 saturated carbocycles. The molecule has 2 N–H and O–H groups in total. The van der Waals surface area contributed by atoms with Crippen LogP contribution in [-0.2, 0) is 13.5 Å². The van der Waals surface area contributed by atoms with Crippen molar-refractivity contribution in [3.63, 3.8) is 0 Å². The summed E-state index contributed by atoms with van der Waals surface area (Å²) in [7, 11) is 1.91. The van der Waals surface area contributed by atoms with E-state index in [-0.39, 0.29) is 5.92 Å². The van der Waals surface area contributed by atoms with Crippen molar-refractivity contribution in [3.05, 3.63) is 29.1 Å². The predicted molar refractivity (Wildman–Crippen MR) is 69.3 cm³/mol. The first kappa shape index (κ1) is 10.9. The van der Waals surface area contributed by atoms with E-state index in [1.165, 1.54) is 0 Å². The highest BCUT2D eigenvalue weighted by Crippen LogP contribution is 2.34. The molecular weight excluding hydrogens is 228 g/mol. The third kappa shape index (κ3) is 1.50. The Balaban J connectivity index is 2.16. The van der Waals surface area contributed by atoms with Gasteiger partial charge in [-0.15, -0.1) is 0 Å². The van der Waals surface area contributed by atoms with Gasteiger partial charge in [-0.1, -0.05) is 0 Å². The summed E-state index contributed by atoms with van der Waals surface area (Å²) in [6.07, 6.45) is 0.855. The van der Waals surface area contributed by atoms with Gasteiger partial charge in [-0.25, -0.2) is 11.6 Å². The van der Waals surface area contributed by atoms with Crippen LogP contribution < -0.4 is 10.5 Å². The van der Waals surface area contributed by atoms with Crippen molar-refractivity contribution in [2.24, 2.45) is 13.0 Å². The normalized spacial score (nSPS) is 18.1. The number of hydrogen-bond donors (Lipinski definition) is 1. The molecule has 5 nitrogen and oxygen atoms in total. The number of anilines is 1. The smallest absolute Gasteiger partial charge is 0.221 e. The molecule has 1 aliphatic heterocycles. The molecule has 1 unspecified atom stereocenters. The van der Waals surface area contributed by atoms with E-state index in [0.29, 0.717) is 19.1 Å². The number of nitrogen functional groups attached to an aromatic ring is 1. The zero-order valence-electron chi connectivity index (χ0n) is 10.2. The van der Waals surface area contributed by atoms with E-state index in [9.17, 15) is 0 Å². The fourth-order valence-electron chi connectivity index (χ4n) is 2.52. The summed E-state index contributed by atoms with van der Waals surface area (Å²) in [5.74, 6) is 1.66. The van der Waals surface area contributed by atoms with E-state index in [1.807, 2.05) is 23.7 Å². The van der Waals surface area contributed by atoms with E-state index in [0.717, 1.165) is 28.8 Å². The minimum atomic E-state index is 0.261. The van der Waals surface area contributed by atoms with Gasteiger partial charge in [0, 0.05) is 12.6 Å². The van der Waals surface area contributed by atoms with Crippen molar-refractivity contribution >= 4 is 17.0 Å². The summed E-state index contributed by atoms with van der Waals surface area (Å²) >= 11 is 0. The van der Waals surface area contributed by atoms with Crippen LogP contribution in [0.2, 0.25) is 0 Å². The summed E-state index contributed by atoms with van der Waals surface area (Å²) in [5, 5.41) is 0. The minimum Gasteiger partial charge on any atom is -0.493 e. The Bertz CT molecular complexity index is 653. The van der Waals surface area contributed by atoms with Crippen LogP contribution in [0.5, 0.6) is 5.75 Å². The molecular formula is C13H14N4O. The van der Waals surface area contributed by atoms with Gasteiger partial charge in [0.1, 0.15) is 5.75 Å². The van der Waals surface area contributed by atoms with Crippen LogP contribution in [0.1, 0.15) is 5.56 Å². The summed E-state index contributed by atoms with van der Waals surface area (Å²) in [6, 6.07) is 3.87. The summed E-state index contributed by atoms with van der Waals surface area (Å²) in [6.45, 7) is 8.09. The van der Waals surface area contributed by atoms with Crippen LogP contribution >= 0.6 is 0 Å². The quantitative estimate of drug-likeness (QED) is 0.773. The highest BCUT2D eigenvalue weighted by atomic mass is 16.5. The van der Waals surface area contributed by atoms with Crippen LogP contribution in [-0.4, -0.2) is 22.7 Å². The van der Waals surface area contributed by atoms with Crippen molar-refractivity contribution < 1.29 is 4.74 Å². The lowest BCUT2D eigenvalue weighted by molar-refractivity contribution is 0.232. The molecule has 1 aromatic heterocycles. The first-order valence-corrected chi connectivity index (χ1v) is 5.90. The standard InChI is InChI=1S/C13H14N4O/c1-15-6-8-5-9-11(18-7-8)4-3-10-12(9)17(2)13(14)16-10/h3-4,8H,5-7H2,2H3,(H2,14,16). The van der Waals surface area contributed by atoms with Crippen LogP contribution in [0.3, 0.4) is 0 Å². The number of benzene rings is 1. The maximum atomic E-state index is 6.96. The lowest BCUT2D eigenvalue weighted by atomic mass is 9.95. The molecule has 18 heavy (non-hydrogen) atoms. The molecule has 0 spiro atoms. The fraction of sp³-hybridized carbons (Fsp3) is 0.385. The molecule has 1 aliphatic rings. The van der Waals surface area contributed by atoms with Gasteiger partial charge in [0.05, 0.1) is 23.6 Å². The Kier molecular flexibility index (Phi) is 2.37. The Morgan fingerprint density at radius 1 is 1.61 bits per heavy atom. The second kappa shape index (κ2) is 3.91. The van der Waals surface area contributed by atoms with Crippen molar-refractivity contribution in [1.29, 1.82) is 0 Å². The molecule has 5 heteroatoms. The van der Waals surface area contributed by atoms with Crippen molar-refractivity contribution in [3.8, 4) is 5.75 Å². The van der Waals surface area contributed by atoms with Crippen LogP contribution in [0, 0.1) is 12.5 Å². The highest BCUT2D eigenvalue weighted by molar-refractivity contribution is 5.84. The number of ether oxygens (including phenoxy) is 1. The molecule has 0 amide bonds. The van der Waals surface area contributed by atoms with E-state index in [4.69, 9.17) is 17.0 Å². The van der Waals surface area contributed by atoms with Crippen LogP contribution in [0.25, 0.3) is 15.9 Å². The number of aromatic nitrogens is 2. The fourth-order valence-corrected chi connectivity index (χ4v) is 2.52. The van der Waals surface area contributed by atoms with Gasteiger partial charge in [0.25, 0.3) is 0 Å². The number of fused-ring (bicyclic) bond motifs is 3. The van der Waals surface area contributed by atoms with E-state index < -0.39 is 0 Å². The SMILES string of the molecule is [C-]#[N+]CC1COc2ccc3nc(N)n(C)c3c2C1. The zero-order chi connectivity index (χ0) is 12.7. The summed E-state index contributed by atoms with van der Waals surface area (Å²) in [4.78, 5) is 7.78. The lowest BCUT2D eigenvalue weighted by Gasteiger charge is -2.23. The predicted octanol–water partition coefficient (Wildman–Crippen LogP) is 1.63. The van der Waals surface area contributed by atoms with Crippen molar-refractivity contribution in [2.45, 2.75) is 6.42 Å². The number of imidazole rings is 1. The van der Waals surface area contributed by atoms with Gasteiger partial charge in [0.15, 0.2) is 0 Å². The maximum absolute atomic E-state index is 6.96. The van der Waals surface area contributed by atoms with E-state index >= 15 is 0 Å². The van der Waals surface area contributed by atoms with Crippen molar-refractivity contribution in [1.82, 2.24) is 9.55 Å². The Labute approximate surface area is 105 Å². The molecule has 0 bridgehead atoms. The van der Waals surface area contributed by atoms with Gasteiger partial charge in [-0.3, -0.25) is 0 Å². The van der Waals surface area contributed by atoms with Crippen molar-refractivity contribution in [2.75, 3.05) is 18.9 Å². The van der Waals surface area contributed by atoms with Gasteiger partial charge in [-0.2, -0.15) is 0 Å². The maximum Gasteiger partial charge on any atom is 0.221 e. The Morgan fingerprint density at radius 2 is 2.44 bits per heavy atom. The highest BCUT2D eigenvalue weighted by Gasteiger charge is 2.25. The van der Waals surface area contributed by atoms with Gasteiger partial charge < -0.3 is 19.9 Å². The zero-order valence-corrected chi connectivity index (χ0v) is 10.2. The summed E-state index contributed by atoms with van der Waals surface area (Å²) < 4.78 is 7.62. The average molecular weight is 242 g/mol. The van der Waals surface area contributed by atoms with E-state index in [2.05, 4.69) is 9.83 Å². The monoisotopic (exact) mass is 242 g/mol. The Morgan fingerprint density at radius 3 is 3.22 bits per heavy atom. The Hall–Kier alpha value is -2.22. The number of aryl methyl sites for hydroxylation is 1. The van der Waals surface area contributed by atoms with Crippen LogP contribution in [0.4, 0.5) is 5.95 Å². The third-order valence-corrected chi connectivity index (χ3v) is 3.45. The molecule has 1 atom stereocenters. The van der Waals surface area contributed by atoms with Crippen LogP contribution in [0.15, 0.2) is 12.1 Å². The molecule has 0 fully saturated rings. The average Bonchev–Trinajstić information content (AvgIpc) is 2.66. The lowest BCUT2D eigenvalue weighted by Crippen LogP contribution is -2.23.